The Morgan fingerprint density at radius 2 is 1.75 bits per heavy atom. The molecule has 1 heterocycles. The molecule has 1 aromatic rings. The van der Waals surface area contributed by atoms with Crippen LogP contribution in [0.15, 0.2) is 47.0 Å². The van der Waals surface area contributed by atoms with Gasteiger partial charge in [0.05, 0.1) is 11.7 Å². The average molecular weight is 446 g/mol. The Labute approximate surface area is 194 Å². The fraction of sp³-hybridized carbons (Fsp3) is 0.577. The first-order valence-corrected chi connectivity index (χ1v) is 11.7. The van der Waals surface area contributed by atoms with E-state index in [1.165, 1.54) is 11.6 Å². The predicted molar refractivity (Wildman–Crippen MR) is 134 cm³/mol. The highest BCUT2D eigenvalue weighted by Gasteiger charge is 2.22. The van der Waals surface area contributed by atoms with Crippen molar-refractivity contribution in [3.05, 3.63) is 47.5 Å². The van der Waals surface area contributed by atoms with Crippen LogP contribution in [0.1, 0.15) is 59.9 Å². The van der Waals surface area contributed by atoms with Crippen LogP contribution < -0.4 is 5.32 Å². The van der Waals surface area contributed by atoms with Crippen LogP contribution in [0, 0.1) is 5.92 Å². The van der Waals surface area contributed by atoms with E-state index in [0.717, 1.165) is 32.4 Å². The summed E-state index contributed by atoms with van der Waals surface area (Å²) in [6.45, 7) is 13.2. The van der Waals surface area contributed by atoms with Crippen molar-refractivity contribution < 1.29 is 14.7 Å². The zero-order chi connectivity index (χ0) is 24.5. The van der Waals surface area contributed by atoms with E-state index in [2.05, 4.69) is 41.5 Å². The predicted octanol–water partition coefficient (Wildman–Crippen LogP) is 4.03. The standard InChI is InChI=1S/C16H27N3O3.C8H10.C2H6/c1-11(20)9-15(12(2)17-4)16(22)18-10-14-5-7-19(8-6-14)13(3)21;1-2-8-6-4-3-5-7-8;1-2/h9,11,14,20H,5-8,10H2,1-4H3,(H,18,22);3-7H,2H2,1H3;1-2H3/b15-9+,17-12?;;. The molecule has 1 unspecified atom stereocenters. The number of rotatable bonds is 6. The number of nitrogens with one attached hydrogen (secondary N) is 1. The third-order valence-electron chi connectivity index (χ3n) is 5.24. The van der Waals surface area contributed by atoms with E-state index in [4.69, 9.17) is 0 Å². The van der Waals surface area contributed by atoms with E-state index in [9.17, 15) is 14.7 Å². The number of benzene rings is 1. The van der Waals surface area contributed by atoms with E-state index in [1.807, 2.05) is 24.8 Å². The second-order valence-electron chi connectivity index (χ2n) is 7.63. The van der Waals surface area contributed by atoms with Crippen LogP contribution in [-0.4, -0.2) is 60.3 Å². The highest BCUT2D eigenvalue weighted by molar-refractivity contribution is 6.20. The van der Waals surface area contributed by atoms with Crippen molar-refractivity contribution in [1.82, 2.24) is 10.2 Å². The number of hydrogen-bond donors (Lipinski definition) is 2. The highest BCUT2D eigenvalue weighted by atomic mass is 16.3. The fourth-order valence-electron chi connectivity index (χ4n) is 3.22. The van der Waals surface area contributed by atoms with Gasteiger partial charge in [0, 0.05) is 39.3 Å². The van der Waals surface area contributed by atoms with Crippen LogP contribution in [-0.2, 0) is 16.0 Å². The van der Waals surface area contributed by atoms with Gasteiger partial charge in [0.15, 0.2) is 0 Å². The van der Waals surface area contributed by atoms with Crippen molar-refractivity contribution in [2.45, 2.75) is 66.9 Å². The van der Waals surface area contributed by atoms with E-state index < -0.39 is 6.10 Å². The SMILES string of the molecule is CC.CCc1ccccc1.CN=C(C)/C(=C\C(C)O)C(=O)NCC1CCN(C(C)=O)CC1. The lowest BCUT2D eigenvalue weighted by atomic mass is 9.96. The maximum absolute atomic E-state index is 12.3. The number of amides is 2. The summed E-state index contributed by atoms with van der Waals surface area (Å²) in [6, 6.07) is 10.5. The molecule has 0 saturated carbocycles. The van der Waals surface area contributed by atoms with Gasteiger partial charge in [0.1, 0.15) is 0 Å². The maximum atomic E-state index is 12.3. The van der Waals surface area contributed by atoms with Crippen LogP contribution in [0.5, 0.6) is 0 Å². The number of carbonyl (C=O) groups is 2. The quantitative estimate of drug-likeness (QED) is 0.512. The summed E-state index contributed by atoms with van der Waals surface area (Å²) in [7, 11) is 1.62. The molecule has 2 N–H and O–H groups in total. The molecule has 1 aliphatic rings. The van der Waals surface area contributed by atoms with E-state index in [1.54, 1.807) is 27.8 Å². The first-order valence-electron chi connectivity index (χ1n) is 11.7. The van der Waals surface area contributed by atoms with E-state index >= 15 is 0 Å². The number of aliphatic imine (C=N–C) groups is 1. The van der Waals surface area contributed by atoms with Crippen molar-refractivity contribution in [1.29, 1.82) is 0 Å². The third-order valence-corrected chi connectivity index (χ3v) is 5.24. The lowest BCUT2D eigenvalue weighted by Gasteiger charge is -2.31. The number of carbonyl (C=O) groups excluding carboxylic acids is 2. The first kappa shape index (κ1) is 29.5. The zero-order valence-electron chi connectivity index (χ0n) is 21.0. The second kappa shape index (κ2) is 17.1. The summed E-state index contributed by atoms with van der Waals surface area (Å²) in [5, 5.41) is 12.4. The second-order valence-corrected chi connectivity index (χ2v) is 7.63. The molecule has 0 aliphatic carbocycles. The number of aryl methyl sites for hydroxylation is 1. The molecule has 0 bridgehead atoms. The molecular formula is C26H43N3O3. The Morgan fingerprint density at radius 3 is 2.16 bits per heavy atom. The molecule has 1 fully saturated rings. The number of hydrogen-bond acceptors (Lipinski definition) is 4. The molecule has 1 aromatic carbocycles. The lowest BCUT2D eigenvalue weighted by Crippen LogP contribution is -2.41. The van der Waals surface area contributed by atoms with Gasteiger partial charge in [-0.05, 0) is 50.7 Å². The minimum atomic E-state index is -0.698. The third kappa shape index (κ3) is 11.8. The van der Waals surface area contributed by atoms with Gasteiger partial charge >= 0.3 is 0 Å². The Balaban J connectivity index is 0.000000796. The lowest BCUT2D eigenvalue weighted by molar-refractivity contribution is -0.130. The number of aliphatic hydroxyl groups is 1. The normalized spacial score (nSPS) is 15.6. The Bertz CT molecular complexity index is 719. The fourth-order valence-corrected chi connectivity index (χ4v) is 3.22. The van der Waals surface area contributed by atoms with Gasteiger partial charge in [-0.3, -0.25) is 14.6 Å². The molecule has 6 nitrogen and oxygen atoms in total. The summed E-state index contributed by atoms with van der Waals surface area (Å²) in [5.74, 6) is 0.281. The van der Waals surface area contributed by atoms with Crippen molar-refractivity contribution in [3.8, 4) is 0 Å². The van der Waals surface area contributed by atoms with Crippen LogP contribution in [0.25, 0.3) is 0 Å². The monoisotopic (exact) mass is 445 g/mol. The largest absolute Gasteiger partial charge is 0.389 e. The molecule has 6 heteroatoms. The van der Waals surface area contributed by atoms with Crippen LogP contribution in [0.4, 0.5) is 0 Å². The van der Waals surface area contributed by atoms with Gasteiger partial charge in [-0.1, -0.05) is 51.1 Å². The molecular weight excluding hydrogens is 402 g/mol. The summed E-state index contributed by atoms with van der Waals surface area (Å²) >= 11 is 0. The number of nitrogens with zero attached hydrogens (tertiary/aromatic N) is 2. The van der Waals surface area contributed by atoms with Gasteiger partial charge in [-0.2, -0.15) is 0 Å². The molecule has 0 radical (unpaired) electrons. The highest BCUT2D eigenvalue weighted by Crippen LogP contribution is 2.16. The maximum Gasteiger partial charge on any atom is 0.252 e. The summed E-state index contributed by atoms with van der Waals surface area (Å²) in [6.07, 6.45) is 3.75. The molecule has 2 amide bonds. The van der Waals surface area contributed by atoms with E-state index in [-0.39, 0.29) is 11.8 Å². The number of likely N-dealkylation sites (tertiary alicyclic amines) is 1. The minimum absolute atomic E-state index is 0.111. The smallest absolute Gasteiger partial charge is 0.252 e. The topological polar surface area (TPSA) is 82.0 Å². The van der Waals surface area contributed by atoms with Crippen molar-refractivity contribution in [3.63, 3.8) is 0 Å². The van der Waals surface area contributed by atoms with Gasteiger partial charge < -0.3 is 15.3 Å². The van der Waals surface area contributed by atoms with Gasteiger partial charge in [-0.15, -0.1) is 0 Å². The molecule has 1 aliphatic heterocycles. The number of piperidine rings is 1. The molecule has 1 saturated heterocycles. The first-order chi connectivity index (χ1) is 15.3. The van der Waals surface area contributed by atoms with Crippen molar-refractivity contribution in [2.24, 2.45) is 10.9 Å². The summed E-state index contributed by atoms with van der Waals surface area (Å²) in [5.41, 5.74) is 2.43. The Kier molecular flexibility index (Phi) is 15.8. The Morgan fingerprint density at radius 1 is 1.19 bits per heavy atom. The van der Waals surface area contributed by atoms with Crippen LogP contribution in [0.3, 0.4) is 0 Å². The van der Waals surface area contributed by atoms with Gasteiger partial charge in [0.2, 0.25) is 5.91 Å². The average Bonchev–Trinajstić information content (AvgIpc) is 2.82. The minimum Gasteiger partial charge on any atom is -0.389 e. The summed E-state index contributed by atoms with van der Waals surface area (Å²) in [4.78, 5) is 29.4. The van der Waals surface area contributed by atoms with Crippen LogP contribution >= 0.6 is 0 Å². The molecule has 1 atom stereocenters. The number of aliphatic hydroxyl groups excluding tert-OH is 1. The van der Waals surface area contributed by atoms with E-state index in [0.29, 0.717) is 23.7 Å². The van der Waals surface area contributed by atoms with Crippen LogP contribution in [0.2, 0.25) is 0 Å². The van der Waals surface area contributed by atoms with Crippen molar-refractivity contribution in [2.75, 3.05) is 26.7 Å². The zero-order valence-corrected chi connectivity index (χ0v) is 21.0. The molecule has 0 aromatic heterocycles. The van der Waals surface area contributed by atoms with Gasteiger partial charge in [0.25, 0.3) is 5.91 Å². The molecule has 2 rings (SSSR count). The Hall–Kier alpha value is -2.47. The molecule has 0 spiro atoms. The molecule has 180 valence electrons. The molecule has 32 heavy (non-hydrogen) atoms. The van der Waals surface area contributed by atoms with Gasteiger partial charge in [-0.25, -0.2) is 0 Å². The van der Waals surface area contributed by atoms with Crippen molar-refractivity contribution >= 4 is 17.5 Å². The summed E-state index contributed by atoms with van der Waals surface area (Å²) < 4.78 is 0.